The summed E-state index contributed by atoms with van der Waals surface area (Å²) in [6.07, 6.45) is 3.09. The summed E-state index contributed by atoms with van der Waals surface area (Å²) >= 11 is 6.02. The maximum atomic E-state index is 12.0. The van der Waals surface area contributed by atoms with Gasteiger partial charge in [-0.15, -0.1) is 0 Å². The summed E-state index contributed by atoms with van der Waals surface area (Å²) in [7, 11) is 0. The van der Waals surface area contributed by atoms with Gasteiger partial charge in [-0.1, -0.05) is 30.5 Å². The molecule has 0 radical (unpaired) electrons. The summed E-state index contributed by atoms with van der Waals surface area (Å²) in [5.41, 5.74) is 3.26. The van der Waals surface area contributed by atoms with Crippen LogP contribution < -0.4 is 0 Å². The van der Waals surface area contributed by atoms with Gasteiger partial charge in [0.1, 0.15) is 0 Å². The molecule has 4 heteroatoms. The van der Waals surface area contributed by atoms with Crippen molar-refractivity contribution in [1.29, 1.82) is 0 Å². The number of fused-ring (bicyclic) bond motifs is 3. The molecule has 1 heterocycles. The van der Waals surface area contributed by atoms with E-state index in [0.717, 1.165) is 35.6 Å². The number of benzene rings is 1. The van der Waals surface area contributed by atoms with E-state index in [0.29, 0.717) is 6.42 Å². The molecule has 0 bridgehead atoms. The van der Waals surface area contributed by atoms with E-state index in [9.17, 15) is 4.79 Å². The van der Waals surface area contributed by atoms with Crippen molar-refractivity contribution in [2.24, 2.45) is 11.0 Å². The fraction of sp³-hybridized carbons (Fsp3) is 0.375. The van der Waals surface area contributed by atoms with E-state index in [-0.39, 0.29) is 11.8 Å². The molecule has 102 valence electrons. The third-order valence-electron chi connectivity index (χ3n) is 3.62. The lowest BCUT2D eigenvalue weighted by Crippen LogP contribution is -2.32. The van der Waals surface area contributed by atoms with E-state index in [1.54, 1.807) is 0 Å². The molecule has 1 aliphatic carbocycles. The van der Waals surface area contributed by atoms with Crippen LogP contribution in [0.3, 0.4) is 0 Å². The Balaban J connectivity index is 1.95. The van der Waals surface area contributed by atoms with Crippen molar-refractivity contribution in [2.75, 3.05) is 0 Å². The van der Waals surface area contributed by atoms with Gasteiger partial charge in [0.05, 0.1) is 5.71 Å². The SMILES string of the molecule is CCCC#CN1N=C2c3ccc(Cl)cc3CC2CC1=O. The maximum Gasteiger partial charge on any atom is 0.255 e. The van der Waals surface area contributed by atoms with Crippen LogP contribution in [0.15, 0.2) is 23.3 Å². The second kappa shape index (κ2) is 5.30. The predicted octanol–water partition coefficient (Wildman–Crippen LogP) is 3.21. The van der Waals surface area contributed by atoms with Crippen LogP contribution in [0.1, 0.15) is 37.3 Å². The second-order valence-electron chi connectivity index (χ2n) is 5.14. The Kier molecular flexibility index (Phi) is 3.50. The van der Waals surface area contributed by atoms with Crippen LogP contribution in [-0.2, 0) is 11.2 Å². The number of nitrogens with zero attached hydrogens (tertiary/aromatic N) is 2. The van der Waals surface area contributed by atoms with Crippen molar-refractivity contribution < 1.29 is 4.79 Å². The van der Waals surface area contributed by atoms with Gasteiger partial charge in [-0.05, 0) is 30.5 Å². The topological polar surface area (TPSA) is 32.7 Å². The highest BCUT2D eigenvalue weighted by Gasteiger charge is 2.35. The van der Waals surface area contributed by atoms with Crippen LogP contribution in [0.2, 0.25) is 5.02 Å². The van der Waals surface area contributed by atoms with Gasteiger partial charge in [0.15, 0.2) is 0 Å². The van der Waals surface area contributed by atoms with Crippen molar-refractivity contribution in [3.63, 3.8) is 0 Å². The fourth-order valence-electron chi connectivity index (χ4n) is 2.67. The van der Waals surface area contributed by atoms with Gasteiger partial charge < -0.3 is 0 Å². The molecule has 0 aromatic heterocycles. The Morgan fingerprint density at radius 3 is 3.10 bits per heavy atom. The van der Waals surface area contributed by atoms with E-state index >= 15 is 0 Å². The molecular formula is C16H15ClN2O. The molecular weight excluding hydrogens is 272 g/mol. The molecule has 1 aliphatic heterocycles. The Labute approximate surface area is 123 Å². The highest BCUT2D eigenvalue weighted by atomic mass is 35.5. The molecule has 20 heavy (non-hydrogen) atoms. The van der Waals surface area contributed by atoms with E-state index < -0.39 is 0 Å². The number of carbonyl (C=O) groups excluding carboxylic acids is 1. The Morgan fingerprint density at radius 2 is 2.30 bits per heavy atom. The number of halogens is 1. The van der Waals surface area contributed by atoms with Crippen molar-refractivity contribution in [3.05, 3.63) is 34.3 Å². The number of hydrazone groups is 1. The third kappa shape index (κ3) is 2.32. The van der Waals surface area contributed by atoms with Crippen LogP contribution in [0, 0.1) is 17.9 Å². The number of amides is 1. The Bertz CT molecular complexity index is 654. The lowest BCUT2D eigenvalue weighted by Gasteiger charge is -2.21. The molecule has 1 atom stereocenters. The highest BCUT2D eigenvalue weighted by Crippen LogP contribution is 2.34. The molecule has 1 aromatic carbocycles. The summed E-state index contributed by atoms with van der Waals surface area (Å²) in [6, 6.07) is 8.67. The quantitative estimate of drug-likeness (QED) is 0.730. The lowest BCUT2D eigenvalue weighted by molar-refractivity contribution is -0.129. The van der Waals surface area contributed by atoms with Crippen LogP contribution in [0.5, 0.6) is 0 Å². The number of hydrogen-bond acceptors (Lipinski definition) is 2. The molecule has 0 saturated carbocycles. The van der Waals surface area contributed by atoms with Gasteiger partial charge >= 0.3 is 0 Å². The first kappa shape index (κ1) is 13.2. The average Bonchev–Trinajstić information content (AvgIpc) is 2.75. The largest absolute Gasteiger partial charge is 0.272 e. The van der Waals surface area contributed by atoms with E-state index in [4.69, 9.17) is 11.6 Å². The number of hydrogen-bond donors (Lipinski definition) is 0. The van der Waals surface area contributed by atoms with Gasteiger partial charge in [-0.25, -0.2) is 0 Å². The van der Waals surface area contributed by atoms with Gasteiger partial charge in [-0.2, -0.15) is 10.1 Å². The summed E-state index contributed by atoms with van der Waals surface area (Å²) in [6.45, 7) is 2.06. The molecule has 0 saturated heterocycles. The Morgan fingerprint density at radius 1 is 1.45 bits per heavy atom. The van der Waals surface area contributed by atoms with E-state index in [1.165, 1.54) is 10.6 Å². The Hall–Kier alpha value is -1.79. The average molecular weight is 287 g/mol. The molecule has 2 aliphatic rings. The predicted molar refractivity (Wildman–Crippen MR) is 79.3 cm³/mol. The minimum atomic E-state index is -0.0127. The van der Waals surface area contributed by atoms with Crippen LogP contribution in [0.4, 0.5) is 0 Å². The molecule has 0 spiro atoms. The number of carbonyl (C=O) groups is 1. The first-order valence-corrected chi connectivity index (χ1v) is 7.25. The summed E-state index contributed by atoms with van der Waals surface area (Å²) in [5.74, 6) is 3.14. The van der Waals surface area contributed by atoms with Crippen LogP contribution in [0.25, 0.3) is 0 Å². The zero-order valence-electron chi connectivity index (χ0n) is 11.3. The fourth-order valence-corrected chi connectivity index (χ4v) is 2.87. The van der Waals surface area contributed by atoms with Crippen LogP contribution in [-0.4, -0.2) is 16.6 Å². The summed E-state index contributed by atoms with van der Waals surface area (Å²) in [5, 5.41) is 6.49. The first-order valence-electron chi connectivity index (χ1n) is 6.87. The molecule has 3 rings (SSSR count). The monoisotopic (exact) mass is 286 g/mol. The van der Waals surface area contributed by atoms with Crippen molar-refractivity contribution in [1.82, 2.24) is 5.01 Å². The smallest absolute Gasteiger partial charge is 0.255 e. The van der Waals surface area contributed by atoms with Gasteiger partial charge in [0.2, 0.25) is 0 Å². The van der Waals surface area contributed by atoms with Crippen LogP contribution >= 0.6 is 11.6 Å². The summed E-state index contributed by atoms with van der Waals surface area (Å²) < 4.78 is 0. The number of rotatable bonds is 1. The molecule has 1 aromatic rings. The molecule has 0 N–H and O–H groups in total. The number of unbranched alkanes of at least 4 members (excludes halogenated alkanes) is 1. The zero-order chi connectivity index (χ0) is 14.1. The van der Waals surface area contributed by atoms with E-state index in [1.807, 2.05) is 18.2 Å². The molecule has 1 amide bonds. The first-order chi connectivity index (χ1) is 9.69. The molecule has 3 nitrogen and oxygen atoms in total. The van der Waals surface area contributed by atoms with Gasteiger partial charge in [0.25, 0.3) is 5.91 Å². The third-order valence-corrected chi connectivity index (χ3v) is 3.86. The molecule has 0 fully saturated rings. The highest BCUT2D eigenvalue weighted by molar-refractivity contribution is 6.31. The zero-order valence-corrected chi connectivity index (χ0v) is 12.1. The minimum Gasteiger partial charge on any atom is -0.272 e. The van der Waals surface area contributed by atoms with Crippen molar-refractivity contribution in [3.8, 4) is 12.0 Å². The van der Waals surface area contributed by atoms with Gasteiger partial charge in [-0.3, -0.25) is 4.79 Å². The lowest BCUT2D eigenvalue weighted by atomic mass is 9.98. The maximum absolute atomic E-state index is 12.0. The summed E-state index contributed by atoms with van der Waals surface area (Å²) in [4.78, 5) is 12.0. The molecule has 1 unspecified atom stereocenters. The normalized spacial score (nSPS) is 19.9. The standard InChI is InChI=1S/C16H15ClN2O/c1-2-3-4-7-19-15(20)10-12-8-11-9-13(17)5-6-14(11)16(12)18-19/h5-6,9,12H,2-3,8,10H2,1H3. The second-order valence-corrected chi connectivity index (χ2v) is 5.57. The van der Waals surface area contributed by atoms with Crippen molar-refractivity contribution in [2.45, 2.75) is 32.6 Å². The van der Waals surface area contributed by atoms with Crippen molar-refractivity contribution >= 4 is 23.2 Å². The van der Waals surface area contributed by atoms with E-state index in [2.05, 4.69) is 24.0 Å². The van der Waals surface area contributed by atoms with Gasteiger partial charge in [0, 0.05) is 35.4 Å². The minimum absolute atomic E-state index is 0.0127.